The lowest BCUT2D eigenvalue weighted by molar-refractivity contribution is 0.0694. The number of fused-ring (bicyclic) bond motifs is 1. The number of ether oxygens (including phenoxy) is 2. The first-order valence-electron chi connectivity index (χ1n) is 10.7. The molecule has 1 N–H and O–H groups in total. The second-order valence-electron chi connectivity index (χ2n) is 7.36. The van der Waals surface area contributed by atoms with Gasteiger partial charge in [0.25, 0.3) is 5.91 Å². The summed E-state index contributed by atoms with van der Waals surface area (Å²) in [5.41, 5.74) is 2.54. The first-order chi connectivity index (χ1) is 14.2. The summed E-state index contributed by atoms with van der Waals surface area (Å²) < 4.78 is 11.5. The summed E-state index contributed by atoms with van der Waals surface area (Å²) in [4.78, 5) is 14.8. The van der Waals surface area contributed by atoms with Gasteiger partial charge in [0.15, 0.2) is 11.5 Å². The van der Waals surface area contributed by atoms with Gasteiger partial charge in [-0.3, -0.25) is 4.79 Å². The highest BCUT2D eigenvalue weighted by atomic mass is 16.5. The Morgan fingerprint density at radius 2 is 1.79 bits per heavy atom. The highest BCUT2D eigenvalue weighted by Gasteiger charge is 2.32. The van der Waals surface area contributed by atoms with Crippen molar-refractivity contribution in [2.45, 2.75) is 52.1 Å². The molecule has 3 rings (SSSR count). The van der Waals surface area contributed by atoms with Crippen LogP contribution >= 0.6 is 0 Å². The number of amides is 1. The van der Waals surface area contributed by atoms with Crippen LogP contribution in [0.4, 0.5) is 5.69 Å². The van der Waals surface area contributed by atoms with Gasteiger partial charge in [-0.25, -0.2) is 0 Å². The molecule has 29 heavy (non-hydrogen) atoms. The number of unbranched alkanes of at least 4 members (excludes halogenated alkanes) is 4. The summed E-state index contributed by atoms with van der Waals surface area (Å²) >= 11 is 0. The van der Waals surface area contributed by atoms with Crippen molar-refractivity contribution in [1.29, 1.82) is 0 Å². The number of nitrogens with one attached hydrogen (secondary N) is 1. The second-order valence-corrected chi connectivity index (χ2v) is 7.36. The Labute approximate surface area is 174 Å². The highest BCUT2D eigenvalue weighted by molar-refractivity contribution is 6.01. The van der Waals surface area contributed by atoms with Crippen molar-refractivity contribution in [3.63, 3.8) is 0 Å². The number of hydrogen-bond acceptors (Lipinski definition) is 4. The van der Waals surface area contributed by atoms with Gasteiger partial charge in [-0.1, -0.05) is 50.8 Å². The van der Waals surface area contributed by atoms with Crippen molar-refractivity contribution in [3.05, 3.63) is 53.6 Å². The van der Waals surface area contributed by atoms with E-state index < -0.39 is 0 Å². The summed E-state index contributed by atoms with van der Waals surface area (Å²) in [6, 6.07) is 13.6. The Morgan fingerprint density at radius 3 is 2.55 bits per heavy atom. The Balaban J connectivity index is 1.74. The standard InChI is InChI=1S/C24H32N2O3/c1-4-6-7-8-11-16-29-21-15-14-18(17-22(21)28-3)23-25-20-13-10-9-12-19(20)24(27)26(23)5-2/h9-10,12-15,17,23,25H,4-8,11,16H2,1-3H3. The number of methoxy groups -OCH3 is 1. The number of para-hydroxylation sites is 1. The molecular weight excluding hydrogens is 364 g/mol. The van der Waals surface area contributed by atoms with Gasteiger partial charge in [-0.2, -0.15) is 0 Å². The molecule has 1 atom stereocenters. The van der Waals surface area contributed by atoms with E-state index in [0.29, 0.717) is 24.5 Å². The van der Waals surface area contributed by atoms with Gasteiger partial charge in [0, 0.05) is 12.2 Å². The predicted octanol–water partition coefficient (Wildman–Crippen LogP) is 5.63. The van der Waals surface area contributed by atoms with Crippen molar-refractivity contribution in [2.75, 3.05) is 25.6 Å². The molecule has 0 spiro atoms. The number of nitrogens with zero attached hydrogens (tertiary/aromatic N) is 1. The van der Waals surface area contributed by atoms with Gasteiger partial charge in [-0.05, 0) is 43.2 Å². The minimum Gasteiger partial charge on any atom is -0.493 e. The van der Waals surface area contributed by atoms with Gasteiger partial charge >= 0.3 is 0 Å². The fourth-order valence-corrected chi connectivity index (χ4v) is 3.74. The summed E-state index contributed by atoms with van der Waals surface area (Å²) in [7, 11) is 1.65. The van der Waals surface area contributed by atoms with Crippen LogP contribution in [-0.4, -0.2) is 31.1 Å². The van der Waals surface area contributed by atoms with E-state index in [4.69, 9.17) is 9.47 Å². The van der Waals surface area contributed by atoms with Crippen molar-refractivity contribution >= 4 is 11.6 Å². The van der Waals surface area contributed by atoms with Crippen LogP contribution in [0.25, 0.3) is 0 Å². The predicted molar refractivity (Wildman–Crippen MR) is 117 cm³/mol. The number of anilines is 1. The molecule has 0 aromatic heterocycles. The monoisotopic (exact) mass is 396 g/mol. The molecule has 1 unspecified atom stereocenters. The van der Waals surface area contributed by atoms with Crippen LogP contribution in [0.1, 0.15) is 68.0 Å². The SMILES string of the molecule is CCCCCCCOc1ccc(C2Nc3ccccc3C(=O)N2CC)cc1OC. The van der Waals surface area contributed by atoms with E-state index >= 15 is 0 Å². The van der Waals surface area contributed by atoms with Crippen molar-refractivity contribution in [3.8, 4) is 11.5 Å². The van der Waals surface area contributed by atoms with Crippen LogP contribution in [0.2, 0.25) is 0 Å². The van der Waals surface area contributed by atoms with Crippen LogP contribution in [0, 0.1) is 0 Å². The average Bonchev–Trinajstić information content (AvgIpc) is 2.76. The molecule has 2 aromatic rings. The van der Waals surface area contributed by atoms with Gasteiger partial charge in [-0.15, -0.1) is 0 Å². The summed E-state index contributed by atoms with van der Waals surface area (Å²) in [5, 5.41) is 3.50. The minimum atomic E-state index is -0.237. The van der Waals surface area contributed by atoms with E-state index in [1.54, 1.807) is 7.11 Å². The van der Waals surface area contributed by atoms with Gasteiger partial charge in [0.05, 0.1) is 19.3 Å². The lowest BCUT2D eigenvalue weighted by Gasteiger charge is -2.37. The molecule has 0 bridgehead atoms. The van der Waals surface area contributed by atoms with E-state index in [0.717, 1.165) is 23.4 Å². The smallest absolute Gasteiger partial charge is 0.257 e. The Hall–Kier alpha value is -2.69. The maximum absolute atomic E-state index is 12.9. The first kappa shape index (κ1) is 21.0. The highest BCUT2D eigenvalue weighted by Crippen LogP contribution is 2.36. The zero-order chi connectivity index (χ0) is 20.6. The Morgan fingerprint density at radius 1 is 1.00 bits per heavy atom. The van der Waals surface area contributed by atoms with Crippen LogP contribution in [-0.2, 0) is 0 Å². The molecule has 2 aromatic carbocycles. The third-order valence-corrected chi connectivity index (χ3v) is 5.37. The molecule has 5 nitrogen and oxygen atoms in total. The zero-order valence-electron chi connectivity index (χ0n) is 17.7. The largest absolute Gasteiger partial charge is 0.493 e. The number of rotatable bonds is 10. The molecular formula is C24H32N2O3. The van der Waals surface area contributed by atoms with Crippen LogP contribution < -0.4 is 14.8 Å². The molecule has 1 heterocycles. The minimum absolute atomic E-state index is 0.0400. The second kappa shape index (κ2) is 10.2. The lowest BCUT2D eigenvalue weighted by atomic mass is 10.0. The van der Waals surface area contributed by atoms with Crippen LogP contribution in [0.3, 0.4) is 0 Å². The molecule has 1 aliphatic rings. The van der Waals surface area contributed by atoms with Crippen molar-refractivity contribution in [2.24, 2.45) is 0 Å². The molecule has 0 fully saturated rings. The quantitative estimate of drug-likeness (QED) is 0.529. The van der Waals surface area contributed by atoms with Crippen molar-refractivity contribution < 1.29 is 14.3 Å². The number of carbonyl (C=O) groups is 1. The van der Waals surface area contributed by atoms with Gasteiger partial charge in [0.2, 0.25) is 0 Å². The molecule has 1 amide bonds. The molecule has 0 saturated carbocycles. The summed E-state index contributed by atoms with van der Waals surface area (Å²) in [6.07, 6.45) is 5.78. The normalized spacial score (nSPS) is 15.6. The fraction of sp³-hybridized carbons (Fsp3) is 0.458. The van der Waals surface area contributed by atoms with E-state index in [-0.39, 0.29) is 12.1 Å². The molecule has 0 radical (unpaired) electrons. The number of hydrogen-bond donors (Lipinski definition) is 1. The third kappa shape index (κ3) is 4.84. The first-order valence-corrected chi connectivity index (χ1v) is 10.7. The number of benzene rings is 2. The maximum atomic E-state index is 12.9. The Bertz CT molecular complexity index is 822. The topological polar surface area (TPSA) is 50.8 Å². The van der Waals surface area contributed by atoms with E-state index in [1.807, 2.05) is 54.3 Å². The Kier molecular flexibility index (Phi) is 7.39. The maximum Gasteiger partial charge on any atom is 0.257 e. The molecule has 0 saturated heterocycles. The fourth-order valence-electron chi connectivity index (χ4n) is 3.74. The van der Waals surface area contributed by atoms with Gasteiger partial charge < -0.3 is 19.7 Å². The van der Waals surface area contributed by atoms with E-state index in [9.17, 15) is 4.79 Å². The molecule has 1 aliphatic heterocycles. The van der Waals surface area contributed by atoms with Crippen LogP contribution in [0.15, 0.2) is 42.5 Å². The van der Waals surface area contributed by atoms with E-state index in [2.05, 4.69) is 12.2 Å². The van der Waals surface area contributed by atoms with Crippen molar-refractivity contribution in [1.82, 2.24) is 4.90 Å². The van der Waals surface area contributed by atoms with E-state index in [1.165, 1.54) is 25.7 Å². The molecule has 5 heteroatoms. The number of carbonyl (C=O) groups excluding carboxylic acids is 1. The lowest BCUT2D eigenvalue weighted by Crippen LogP contribution is -2.42. The third-order valence-electron chi connectivity index (χ3n) is 5.37. The zero-order valence-corrected chi connectivity index (χ0v) is 17.7. The summed E-state index contributed by atoms with van der Waals surface area (Å²) in [5.74, 6) is 1.48. The average molecular weight is 397 g/mol. The summed E-state index contributed by atoms with van der Waals surface area (Å²) in [6.45, 7) is 5.51. The molecule has 0 aliphatic carbocycles. The molecule has 156 valence electrons. The van der Waals surface area contributed by atoms with Gasteiger partial charge in [0.1, 0.15) is 6.17 Å². The van der Waals surface area contributed by atoms with Crippen LogP contribution in [0.5, 0.6) is 11.5 Å².